The maximum atomic E-state index is 12.0. The molecule has 0 saturated heterocycles. The van der Waals surface area contributed by atoms with Gasteiger partial charge in [-0.15, -0.1) is 0 Å². The number of benzene rings is 1. The Morgan fingerprint density at radius 2 is 2.14 bits per heavy atom. The first kappa shape index (κ1) is 14.2. The molecule has 6 nitrogen and oxygen atoms in total. The van der Waals surface area contributed by atoms with E-state index in [0.29, 0.717) is 18.0 Å². The van der Waals surface area contributed by atoms with Crippen LogP contribution in [0.3, 0.4) is 0 Å². The van der Waals surface area contributed by atoms with Gasteiger partial charge in [0, 0.05) is 18.9 Å². The molecule has 2 N–H and O–H groups in total. The Bertz CT molecular complexity index is 708. The lowest BCUT2D eigenvalue weighted by Gasteiger charge is -2.25. The predicted octanol–water partition coefficient (Wildman–Crippen LogP) is 1.43. The zero-order valence-electron chi connectivity index (χ0n) is 12.2. The maximum Gasteiger partial charge on any atom is 0.266 e. The Hall–Kier alpha value is -2.76. The van der Waals surface area contributed by atoms with Crippen LogP contribution in [0, 0.1) is 0 Å². The number of nitrogens with zero attached hydrogens (tertiary/aromatic N) is 1. The second kappa shape index (κ2) is 5.93. The molecule has 2 aromatic rings. The third-order valence-electron chi connectivity index (χ3n) is 3.60. The summed E-state index contributed by atoms with van der Waals surface area (Å²) in [7, 11) is 1.91. The lowest BCUT2D eigenvalue weighted by molar-refractivity contribution is -0.130. The number of ether oxygens (including phenoxy) is 1. The molecule has 1 aliphatic heterocycles. The fraction of sp³-hybridized carbons (Fsp3) is 0.250. The average Bonchev–Trinajstić information content (AvgIpc) is 2.91. The molecule has 22 heavy (non-hydrogen) atoms. The molecule has 1 aromatic heterocycles. The van der Waals surface area contributed by atoms with Gasteiger partial charge in [0.15, 0.2) is 6.10 Å². The van der Waals surface area contributed by atoms with E-state index in [4.69, 9.17) is 4.74 Å². The molecule has 2 heterocycles. The average molecular weight is 299 g/mol. The molecule has 0 aliphatic carbocycles. The fourth-order valence-electron chi connectivity index (χ4n) is 2.34. The molecule has 6 heteroatoms. The highest BCUT2D eigenvalue weighted by atomic mass is 16.5. The van der Waals surface area contributed by atoms with Gasteiger partial charge in [0.2, 0.25) is 5.91 Å². The lowest BCUT2D eigenvalue weighted by Crippen LogP contribution is -2.40. The van der Waals surface area contributed by atoms with Crippen LogP contribution in [0.1, 0.15) is 12.1 Å². The van der Waals surface area contributed by atoms with E-state index in [1.54, 1.807) is 12.1 Å². The molecule has 3 rings (SSSR count). The van der Waals surface area contributed by atoms with E-state index in [9.17, 15) is 9.59 Å². The molecular weight excluding hydrogens is 282 g/mol. The van der Waals surface area contributed by atoms with Crippen LogP contribution in [0.2, 0.25) is 0 Å². The molecule has 114 valence electrons. The number of carbonyl (C=O) groups is 2. The maximum absolute atomic E-state index is 12.0. The molecule has 0 radical (unpaired) electrons. The smallest absolute Gasteiger partial charge is 0.266 e. The Morgan fingerprint density at radius 1 is 1.32 bits per heavy atom. The number of hydrogen-bond donors (Lipinski definition) is 2. The highest BCUT2D eigenvalue weighted by Gasteiger charge is 2.29. The summed E-state index contributed by atoms with van der Waals surface area (Å²) in [5.41, 5.74) is 1.63. The highest BCUT2D eigenvalue weighted by Crippen LogP contribution is 2.29. The first-order chi connectivity index (χ1) is 10.6. The SMILES string of the molecule is Cn1cccc1CNC(=O)C[C@H]1Oc2ccccc2NC1=O. The van der Waals surface area contributed by atoms with Crippen LogP contribution >= 0.6 is 0 Å². The summed E-state index contributed by atoms with van der Waals surface area (Å²) in [6, 6.07) is 11.0. The van der Waals surface area contributed by atoms with Gasteiger partial charge in [0.05, 0.1) is 18.7 Å². The van der Waals surface area contributed by atoms with Gasteiger partial charge in [-0.1, -0.05) is 12.1 Å². The highest BCUT2D eigenvalue weighted by molar-refractivity contribution is 5.99. The number of anilines is 1. The minimum absolute atomic E-state index is 0.00933. The number of amides is 2. The van der Waals surface area contributed by atoms with Gasteiger partial charge in [0.25, 0.3) is 5.91 Å². The number of para-hydroxylation sites is 2. The Kier molecular flexibility index (Phi) is 3.82. The summed E-state index contributed by atoms with van der Waals surface area (Å²) in [6.45, 7) is 0.424. The number of aryl methyl sites for hydroxylation is 1. The van der Waals surface area contributed by atoms with E-state index in [1.165, 1.54) is 0 Å². The summed E-state index contributed by atoms with van der Waals surface area (Å²) in [6.07, 6.45) is 1.10. The van der Waals surface area contributed by atoms with Crippen molar-refractivity contribution in [1.82, 2.24) is 9.88 Å². The normalized spacial score (nSPS) is 16.4. The zero-order chi connectivity index (χ0) is 15.5. The van der Waals surface area contributed by atoms with E-state index in [2.05, 4.69) is 10.6 Å². The standard InChI is InChI=1S/C16H17N3O3/c1-19-8-4-5-11(19)10-17-15(20)9-14-16(21)18-12-6-2-3-7-13(12)22-14/h2-8,14H,9-10H2,1H3,(H,17,20)(H,18,21)/t14-/m1/s1. The number of aromatic nitrogens is 1. The number of rotatable bonds is 4. The van der Waals surface area contributed by atoms with Crippen LogP contribution in [0.15, 0.2) is 42.6 Å². The van der Waals surface area contributed by atoms with Crippen molar-refractivity contribution in [3.05, 3.63) is 48.3 Å². The van der Waals surface area contributed by atoms with Crippen molar-refractivity contribution in [1.29, 1.82) is 0 Å². The molecule has 2 amide bonds. The van der Waals surface area contributed by atoms with Gasteiger partial charge in [-0.2, -0.15) is 0 Å². The monoisotopic (exact) mass is 299 g/mol. The van der Waals surface area contributed by atoms with Gasteiger partial charge in [-0.3, -0.25) is 9.59 Å². The third kappa shape index (κ3) is 2.95. The quantitative estimate of drug-likeness (QED) is 0.897. The van der Waals surface area contributed by atoms with Crippen molar-refractivity contribution < 1.29 is 14.3 Å². The van der Waals surface area contributed by atoms with Gasteiger partial charge in [-0.25, -0.2) is 0 Å². The Morgan fingerprint density at radius 3 is 2.91 bits per heavy atom. The summed E-state index contributed by atoms with van der Waals surface area (Å²) in [4.78, 5) is 24.0. The molecule has 1 aromatic carbocycles. The third-order valence-corrected chi connectivity index (χ3v) is 3.60. The van der Waals surface area contributed by atoms with Crippen molar-refractivity contribution in [2.45, 2.75) is 19.1 Å². The summed E-state index contributed by atoms with van der Waals surface area (Å²) in [5.74, 6) is 0.0655. The van der Waals surface area contributed by atoms with E-state index in [-0.39, 0.29) is 18.2 Å². The first-order valence-corrected chi connectivity index (χ1v) is 7.07. The van der Waals surface area contributed by atoms with Crippen LogP contribution in [-0.4, -0.2) is 22.5 Å². The summed E-state index contributed by atoms with van der Waals surface area (Å²) < 4.78 is 7.53. The molecule has 0 unspecified atom stereocenters. The van der Waals surface area contributed by atoms with Gasteiger partial charge < -0.3 is 19.9 Å². The minimum Gasteiger partial charge on any atom is -0.478 e. The predicted molar refractivity (Wildman–Crippen MR) is 81.4 cm³/mol. The first-order valence-electron chi connectivity index (χ1n) is 7.07. The minimum atomic E-state index is -0.802. The van der Waals surface area contributed by atoms with Crippen molar-refractivity contribution >= 4 is 17.5 Å². The van der Waals surface area contributed by atoms with E-state index in [1.807, 2.05) is 42.1 Å². The number of carbonyl (C=O) groups excluding carboxylic acids is 2. The van der Waals surface area contributed by atoms with Crippen LogP contribution in [0.4, 0.5) is 5.69 Å². The topological polar surface area (TPSA) is 72.4 Å². The zero-order valence-corrected chi connectivity index (χ0v) is 12.2. The van der Waals surface area contributed by atoms with Gasteiger partial charge >= 0.3 is 0 Å². The molecular formula is C16H17N3O3. The van der Waals surface area contributed by atoms with E-state index < -0.39 is 6.10 Å². The number of hydrogen-bond acceptors (Lipinski definition) is 3. The largest absolute Gasteiger partial charge is 0.478 e. The molecule has 1 atom stereocenters. The molecule has 0 spiro atoms. The van der Waals surface area contributed by atoms with Crippen molar-refractivity contribution in [3.63, 3.8) is 0 Å². The lowest BCUT2D eigenvalue weighted by atomic mass is 10.1. The second-order valence-corrected chi connectivity index (χ2v) is 5.18. The van der Waals surface area contributed by atoms with Gasteiger partial charge in [-0.05, 0) is 24.3 Å². The number of fused-ring (bicyclic) bond motifs is 1. The Labute approximate surface area is 128 Å². The van der Waals surface area contributed by atoms with Gasteiger partial charge in [0.1, 0.15) is 5.75 Å². The van der Waals surface area contributed by atoms with Crippen LogP contribution in [-0.2, 0) is 23.2 Å². The van der Waals surface area contributed by atoms with Crippen LogP contribution in [0.25, 0.3) is 0 Å². The molecule has 1 aliphatic rings. The molecule has 0 bridgehead atoms. The van der Waals surface area contributed by atoms with Crippen molar-refractivity contribution in [3.8, 4) is 5.75 Å². The van der Waals surface area contributed by atoms with E-state index >= 15 is 0 Å². The van der Waals surface area contributed by atoms with Crippen LogP contribution < -0.4 is 15.4 Å². The van der Waals surface area contributed by atoms with Crippen molar-refractivity contribution in [2.75, 3.05) is 5.32 Å². The van der Waals surface area contributed by atoms with Crippen LogP contribution in [0.5, 0.6) is 5.75 Å². The summed E-state index contributed by atoms with van der Waals surface area (Å²) in [5, 5.41) is 5.54. The molecule has 0 saturated carbocycles. The summed E-state index contributed by atoms with van der Waals surface area (Å²) >= 11 is 0. The Balaban J connectivity index is 1.58. The fourth-order valence-corrected chi connectivity index (χ4v) is 2.34. The van der Waals surface area contributed by atoms with Crippen molar-refractivity contribution in [2.24, 2.45) is 7.05 Å². The molecule has 0 fully saturated rings. The number of nitrogens with one attached hydrogen (secondary N) is 2. The van der Waals surface area contributed by atoms with E-state index in [0.717, 1.165) is 5.69 Å². The second-order valence-electron chi connectivity index (χ2n) is 5.18.